The molecule has 0 radical (unpaired) electrons. The predicted octanol–water partition coefficient (Wildman–Crippen LogP) is 3.98. The smallest absolute Gasteiger partial charge is 0.331 e. The molecule has 0 fully saturated rings. The quantitative estimate of drug-likeness (QED) is 0.346. The molecule has 0 bridgehead atoms. The molecule has 0 aromatic heterocycles. The molecule has 0 aliphatic rings. The first-order valence-electron chi connectivity index (χ1n) is 12.1. The van der Waals surface area contributed by atoms with Gasteiger partial charge in [-0.1, -0.05) is 61.0 Å². The Morgan fingerprint density at radius 1 is 1.00 bits per heavy atom. The number of hydrogen-bond acceptors (Lipinski definition) is 4. The average Bonchev–Trinajstić information content (AvgIpc) is 2.76. The lowest BCUT2D eigenvalue weighted by molar-refractivity contribution is -0.140. The van der Waals surface area contributed by atoms with E-state index in [4.69, 9.17) is 0 Å². The van der Waals surface area contributed by atoms with Gasteiger partial charge in [0, 0.05) is 18.7 Å². The van der Waals surface area contributed by atoms with Crippen LogP contribution in [0.1, 0.15) is 88.0 Å². The summed E-state index contributed by atoms with van der Waals surface area (Å²) in [6.45, 7) is 17.5. The van der Waals surface area contributed by atoms with Crippen LogP contribution in [0, 0.1) is 11.8 Å². The van der Waals surface area contributed by atoms with E-state index in [0.717, 1.165) is 12.8 Å². The fourth-order valence-electron chi connectivity index (χ4n) is 3.82. The standard InChI is InChI=1S/C25H47N3O4/c1-11-17(7)21(26-24(32)25(13-3,14-4)27-19(9)12-2)22(29)28(10)20(16(5)6)15-18(8)23(30)31/h15-17,19-21,27H,11-14H2,1-10H3,(H,26,32)(H,30,31)/b18-15+/t17-,19?,20+,21-/m0/s1. The summed E-state index contributed by atoms with van der Waals surface area (Å²) in [5.41, 5.74) is -0.543. The van der Waals surface area contributed by atoms with Crippen molar-refractivity contribution < 1.29 is 19.5 Å². The topological polar surface area (TPSA) is 98.7 Å². The zero-order valence-electron chi connectivity index (χ0n) is 21.9. The maximum atomic E-state index is 13.6. The van der Waals surface area contributed by atoms with E-state index in [1.165, 1.54) is 6.92 Å². The Morgan fingerprint density at radius 2 is 1.53 bits per heavy atom. The van der Waals surface area contributed by atoms with Crippen LogP contribution < -0.4 is 10.6 Å². The number of rotatable bonds is 14. The van der Waals surface area contributed by atoms with Gasteiger partial charge in [0.2, 0.25) is 11.8 Å². The summed E-state index contributed by atoms with van der Waals surface area (Å²) in [5, 5.41) is 15.8. The summed E-state index contributed by atoms with van der Waals surface area (Å²) in [6, 6.07) is -0.897. The maximum Gasteiger partial charge on any atom is 0.331 e. The number of likely N-dealkylation sites (N-methyl/N-ethyl adjacent to an activating group) is 1. The summed E-state index contributed by atoms with van der Waals surface area (Å²) in [6.07, 6.45) is 4.48. The molecule has 32 heavy (non-hydrogen) atoms. The van der Waals surface area contributed by atoms with Gasteiger partial charge in [-0.05, 0) is 44.9 Å². The van der Waals surface area contributed by atoms with Crippen LogP contribution in [0.4, 0.5) is 0 Å². The molecule has 4 atom stereocenters. The van der Waals surface area contributed by atoms with Crippen LogP contribution in [-0.4, -0.2) is 58.5 Å². The average molecular weight is 454 g/mol. The van der Waals surface area contributed by atoms with Crippen molar-refractivity contribution >= 4 is 17.8 Å². The lowest BCUT2D eigenvalue weighted by Crippen LogP contribution is -2.63. The van der Waals surface area contributed by atoms with Crippen LogP contribution in [-0.2, 0) is 14.4 Å². The number of carboxylic acids is 1. The second kappa shape index (κ2) is 13.6. The van der Waals surface area contributed by atoms with E-state index >= 15 is 0 Å². The zero-order chi connectivity index (χ0) is 25.2. The van der Waals surface area contributed by atoms with Crippen LogP contribution >= 0.6 is 0 Å². The van der Waals surface area contributed by atoms with E-state index in [2.05, 4.69) is 24.5 Å². The van der Waals surface area contributed by atoms with E-state index in [1.807, 2.05) is 41.5 Å². The molecule has 2 amide bonds. The number of nitrogens with zero attached hydrogens (tertiary/aromatic N) is 1. The lowest BCUT2D eigenvalue weighted by Gasteiger charge is -2.38. The molecule has 0 saturated carbocycles. The summed E-state index contributed by atoms with van der Waals surface area (Å²) in [5.74, 6) is -1.42. The van der Waals surface area contributed by atoms with Crippen molar-refractivity contribution in [2.45, 2.75) is 112 Å². The second-order valence-electron chi connectivity index (χ2n) is 9.42. The molecule has 7 nitrogen and oxygen atoms in total. The molecule has 3 N–H and O–H groups in total. The van der Waals surface area contributed by atoms with Crippen LogP contribution in [0.2, 0.25) is 0 Å². The van der Waals surface area contributed by atoms with Gasteiger partial charge in [-0.15, -0.1) is 0 Å². The van der Waals surface area contributed by atoms with Crippen LogP contribution in [0.25, 0.3) is 0 Å². The van der Waals surface area contributed by atoms with Crippen molar-refractivity contribution in [3.05, 3.63) is 11.6 Å². The fraction of sp³-hybridized carbons (Fsp3) is 0.800. The van der Waals surface area contributed by atoms with E-state index in [0.29, 0.717) is 12.8 Å². The Kier molecular flexibility index (Phi) is 12.8. The highest BCUT2D eigenvalue weighted by Gasteiger charge is 2.40. The number of aliphatic carboxylic acids is 1. The summed E-state index contributed by atoms with van der Waals surface area (Å²) in [4.78, 5) is 40.0. The Morgan fingerprint density at radius 3 is 1.91 bits per heavy atom. The van der Waals surface area contributed by atoms with Crippen molar-refractivity contribution in [1.82, 2.24) is 15.5 Å². The first-order chi connectivity index (χ1) is 14.8. The number of amides is 2. The highest BCUT2D eigenvalue weighted by molar-refractivity contribution is 5.92. The molecule has 0 aliphatic carbocycles. The zero-order valence-corrected chi connectivity index (χ0v) is 21.9. The second-order valence-corrected chi connectivity index (χ2v) is 9.42. The molecule has 0 rings (SSSR count). The summed E-state index contributed by atoms with van der Waals surface area (Å²) >= 11 is 0. The minimum atomic E-state index is -1.00. The minimum absolute atomic E-state index is 0.0176. The third-order valence-electron chi connectivity index (χ3n) is 6.78. The molecule has 0 aliphatic heterocycles. The Hall–Kier alpha value is -1.89. The van der Waals surface area contributed by atoms with Crippen molar-refractivity contribution in [3.63, 3.8) is 0 Å². The molecule has 0 spiro atoms. The first kappa shape index (κ1) is 30.1. The fourth-order valence-corrected chi connectivity index (χ4v) is 3.82. The van der Waals surface area contributed by atoms with Gasteiger partial charge < -0.3 is 20.6 Å². The highest BCUT2D eigenvalue weighted by Crippen LogP contribution is 2.21. The van der Waals surface area contributed by atoms with Gasteiger partial charge in [0.05, 0.1) is 11.6 Å². The molecule has 7 heteroatoms. The van der Waals surface area contributed by atoms with Crippen molar-refractivity contribution in [1.29, 1.82) is 0 Å². The van der Waals surface area contributed by atoms with Crippen LogP contribution in [0.15, 0.2) is 11.6 Å². The predicted molar refractivity (Wildman–Crippen MR) is 130 cm³/mol. The maximum absolute atomic E-state index is 13.6. The van der Waals surface area contributed by atoms with Gasteiger partial charge in [-0.25, -0.2) is 4.79 Å². The monoisotopic (exact) mass is 453 g/mol. The molecule has 0 saturated heterocycles. The molecule has 0 heterocycles. The van der Waals surface area contributed by atoms with Crippen LogP contribution in [0.3, 0.4) is 0 Å². The number of carbonyl (C=O) groups excluding carboxylic acids is 2. The SMILES string of the molecule is CCC(C)NC(CC)(CC)C(=O)N[C@H](C(=O)N(C)[C@H](/C=C(\C)C(=O)O)C(C)C)[C@@H](C)CC. The van der Waals surface area contributed by atoms with Crippen molar-refractivity contribution in [3.8, 4) is 0 Å². The van der Waals surface area contributed by atoms with Gasteiger partial charge in [0.15, 0.2) is 0 Å². The van der Waals surface area contributed by atoms with Gasteiger partial charge in [0.25, 0.3) is 0 Å². The molecule has 186 valence electrons. The third-order valence-corrected chi connectivity index (χ3v) is 6.78. The molecule has 0 aromatic carbocycles. The Labute approximate surface area is 195 Å². The van der Waals surface area contributed by atoms with Crippen LogP contribution in [0.5, 0.6) is 0 Å². The number of hydrogen-bond donors (Lipinski definition) is 3. The van der Waals surface area contributed by atoms with E-state index in [-0.39, 0.29) is 41.3 Å². The van der Waals surface area contributed by atoms with Crippen molar-refractivity contribution in [2.24, 2.45) is 11.8 Å². The number of nitrogens with one attached hydrogen (secondary N) is 2. The van der Waals surface area contributed by atoms with E-state index in [1.54, 1.807) is 18.0 Å². The van der Waals surface area contributed by atoms with E-state index in [9.17, 15) is 19.5 Å². The third kappa shape index (κ3) is 7.91. The molecular formula is C25H47N3O4. The van der Waals surface area contributed by atoms with Gasteiger partial charge in [-0.3, -0.25) is 9.59 Å². The number of carbonyl (C=O) groups is 3. The molecule has 0 aromatic rings. The molecular weight excluding hydrogens is 406 g/mol. The van der Waals surface area contributed by atoms with E-state index < -0.39 is 17.6 Å². The highest BCUT2D eigenvalue weighted by atomic mass is 16.4. The lowest BCUT2D eigenvalue weighted by atomic mass is 9.88. The number of carboxylic acid groups (broad SMARTS) is 1. The largest absolute Gasteiger partial charge is 0.478 e. The minimum Gasteiger partial charge on any atom is -0.478 e. The van der Waals surface area contributed by atoms with Crippen molar-refractivity contribution in [2.75, 3.05) is 7.05 Å². The molecule has 1 unspecified atom stereocenters. The summed E-state index contributed by atoms with van der Waals surface area (Å²) < 4.78 is 0. The Balaban J connectivity index is 6.00. The van der Waals surface area contributed by atoms with Gasteiger partial charge in [-0.2, -0.15) is 0 Å². The van der Waals surface area contributed by atoms with Gasteiger partial charge in [0.1, 0.15) is 6.04 Å². The van der Waals surface area contributed by atoms with Gasteiger partial charge >= 0.3 is 5.97 Å². The normalized spacial score (nSPS) is 16.3. The summed E-state index contributed by atoms with van der Waals surface area (Å²) in [7, 11) is 1.68. The first-order valence-corrected chi connectivity index (χ1v) is 12.1. The Bertz CT molecular complexity index is 656.